The Balaban J connectivity index is 2.04. The zero-order chi connectivity index (χ0) is 21.3. The minimum Gasteiger partial charge on any atom is -0.466 e. The molecule has 0 bridgehead atoms. The van der Waals surface area contributed by atoms with Gasteiger partial charge in [-0.3, -0.25) is 14.3 Å². The number of hydrogen-bond donors (Lipinski definition) is 2. The summed E-state index contributed by atoms with van der Waals surface area (Å²) in [6, 6.07) is 11.7. The van der Waals surface area contributed by atoms with Gasteiger partial charge in [-0.05, 0) is 37.1 Å². The van der Waals surface area contributed by atoms with E-state index >= 15 is 0 Å². The van der Waals surface area contributed by atoms with Crippen LogP contribution in [-0.4, -0.2) is 33.4 Å². The predicted octanol–water partition coefficient (Wildman–Crippen LogP) is 2.84. The van der Waals surface area contributed by atoms with Gasteiger partial charge in [-0.2, -0.15) is 0 Å². The molecule has 2 aromatic carbocycles. The summed E-state index contributed by atoms with van der Waals surface area (Å²) in [5, 5.41) is 2.59. The highest BCUT2D eigenvalue weighted by Crippen LogP contribution is 2.20. The van der Waals surface area contributed by atoms with Crippen LogP contribution in [0.4, 0.5) is 10.1 Å². The topological polar surface area (TPSA) is 102 Å². The molecule has 0 radical (unpaired) electrons. The molecule has 156 valence electrons. The smallest absolute Gasteiger partial charge is 0.305 e. The maximum atomic E-state index is 13.7. The van der Waals surface area contributed by atoms with Crippen LogP contribution in [0.3, 0.4) is 0 Å². The van der Waals surface area contributed by atoms with Crippen LogP contribution in [0, 0.1) is 5.82 Å². The molecule has 0 aromatic heterocycles. The minimum atomic E-state index is -3.86. The first kappa shape index (κ1) is 22.4. The van der Waals surface area contributed by atoms with Gasteiger partial charge in [0.2, 0.25) is 10.0 Å². The van der Waals surface area contributed by atoms with Gasteiger partial charge in [-0.25, -0.2) is 12.8 Å². The lowest BCUT2D eigenvalue weighted by molar-refractivity contribution is -0.143. The van der Waals surface area contributed by atoms with Gasteiger partial charge < -0.3 is 10.1 Å². The van der Waals surface area contributed by atoms with Gasteiger partial charge in [0.25, 0.3) is 5.91 Å². The van der Waals surface area contributed by atoms with Crippen molar-refractivity contribution >= 4 is 27.6 Å². The summed E-state index contributed by atoms with van der Waals surface area (Å²) in [5.74, 6) is -1.93. The molecule has 0 saturated heterocycles. The van der Waals surface area contributed by atoms with Crippen molar-refractivity contribution in [3.05, 3.63) is 65.5 Å². The lowest BCUT2D eigenvalue weighted by Crippen LogP contribution is -2.27. The molecule has 29 heavy (non-hydrogen) atoms. The first-order chi connectivity index (χ1) is 13.8. The molecule has 2 N–H and O–H groups in total. The number of anilines is 1. The summed E-state index contributed by atoms with van der Waals surface area (Å²) in [4.78, 5) is 23.7. The summed E-state index contributed by atoms with van der Waals surface area (Å²) in [7, 11) is -3.86. The van der Waals surface area contributed by atoms with Crippen molar-refractivity contribution in [3.63, 3.8) is 0 Å². The van der Waals surface area contributed by atoms with Crippen molar-refractivity contribution in [2.75, 3.05) is 17.9 Å². The number of benzene rings is 2. The monoisotopic (exact) mass is 422 g/mol. The fourth-order valence-corrected chi connectivity index (χ4v) is 3.77. The third kappa shape index (κ3) is 7.53. The molecule has 0 unspecified atom stereocenters. The van der Waals surface area contributed by atoms with E-state index in [4.69, 9.17) is 4.74 Å². The van der Waals surface area contributed by atoms with Crippen molar-refractivity contribution in [1.29, 1.82) is 0 Å². The number of carbonyl (C=O) groups is 2. The predicted molar refractivity (Wildman–Crippen MR) is 107 cm³/mol. The number of rotatable bonds is 10. The second-order valence-corrected chi connectivity index (χ2v) is 7.92. The number of esters is 1. The van der Waals surface area contributed by atoms with Gasteiger partial charge in [0.1, 0.15) is 5.82 Å². The van der Waals surface area contributed by atoms with Crippen LogP contribution in [0.15, 0.2) is 48.5 Å². The largest absolute Gasteiger partial charge is 0.466 e. The maximum absolute atomic E-state index is 13.7. The van der Waals surface area contributed by atoms with Crippen molar-refractivity contribution in [1.82, 2.24) is 5.32 Å². The van der Waals surface area contributed by atoms with E-state index in [0.717, 1.165) is 12.1 Å². The highest BCUT2D eigenvalue weighted by molar-refractivity contribution is 7.91. The standard InChI is InChI=1S/C20H23FN2O5S/c1-2-28-19(24)9-6-12-22-20(25)17-11-10-16(21)13-18(17)23-29(26,27)14-15-7-4-3-5-8-15/h3-5,7-8,10-11,13,23H,2,6,9,12,14H2,1H3,(H,22,25). The first-order valence-corrected chi connectivity index (χ1v) is 10.7. The van der Waals surface area contributed by atoms with Crippen LogP contribution >= 0.6 is 0 Å². The molecule has 0 spiro atoms. The maximum Gasteiger partial charge on any atom is 0.305 e. The number of sulfonamides is 1. The number of nitrogens with one attached hydrogen (secondary N) is 2. The number of amides is 1. The average Bonchev–Trinajstić information content (AvgIpc) is 2.65. The molecule has 0 heterocycles. The van der Waals surface area contributed by atoms with Crippen LogP contribution in [0.1, 0.15) is 35.7 Å². The van der Waals surface area contributed by atoms with Gasteiger partial charge in [-0.15, -0.1) is 0 Å². The van der Waals surface area contributed by atoms with Gasteiger partial charge >= 0.3 is 5.97 Å². The molecule has 1 amide bonds. The molecule has 9 heteroatoms. The van der Waals surface area contributed by atoms with Gasteiger partial charge in [0.05, 0.1) is 23.6 Å². The van der Waals surface area contributed by atoms with E-state index in [9.17, 15) is 22.4 Å². The summed E-state index contributed by atoms with van der Waals surface area (Å²) < 4.78 is 45.6. The molecule has 7 nitrogen and oxygen atoms in total. The van der Waals surface area contributed by atoms with Gasteiger partial charge in [-0.1, -0.05) is 30.3 Å². The Morgan fingerprint density at radius 2 is 1.83 bits per heavy atom. The minimum absolute atomic E-state index is 0.0147. The van der Waals surface area contributed by atoms with Crippen molar-refractivity contribution < 1.29 is 27.1 Å². The SMILES string of the molecule is CCOC(=O)CCCNC(=O)c1ccc(F)cc1NS(=O)(=O)Cc1ccccc1. The number of ether oxygens (including phenoxy) is 1. The fourth-order valence-electron chi connectivity index (χ4n) is 2.56. The molecule has 0 aliphatic carbocycles. The Morgan fingerprint density at radius 1 is 1.10 bits per heavy atom. The Morgan fingerprint density at radius 3 is 2.52 bits per heavy atom. The van der Waals surface area contributed by atoms with Crippen molar-refractivity contribution in [2.45, 2.75) is 25.5 Å². The molecule has 0 fully saturated rings. The van der Waals surface area contributed by atoms with Crippen molar-refractivity contribution in [3.8, 4) is 0 Å². The first-order valence-electron chi connectivity index (χ1n) is 9.08. The molecule has 0 saturated carbocycles. The fraction of sp³-hybridized carbons (Fsp3) is 0.300. The van der Waals surface area contributed by atoms with E-state index in [-0.39, 0.29) is 42.5 Å². The van der Waals surface area contributed by atoms with Crippen molar-refractivity contribution in [2.24, 2.45) is 0 Å². The van der Waals surface area contributed by atoms with Crippen LogP contribution in [0.25, 0.3) is 0 Å². The van der Waals surface area contributed by atoms with Crippen LogP contribution in [-0.2, 0) is 25.3 Å². The summed E-state index contributed by atoms with van der Waals surface area (Å²) >= 11 is 0. The third-order valence-corrected chi connectivity index (χ3v) is 5.08. The number of hydrogen-bond acceptors (Lipinski definition) is 5. The second kappa shape index (κ2) is 10.6. The van der Waals surface area contributed by atoms with Gasteiger partial charge in [0, 0.05) is 13.0 Å². The zero-order valence-corrected chi connectivity index (χ0v) is 16.8. The Labute approximate surface area is 169 Å². The van der Waals surface area contributed by atoms with E-state index in [0.29, 0.717) is 12.0 Å². The van der Waals surface area contributed by atoms with E-state index in [1.54, 1.807) is 37.3 Å². The van der Waals surface area contributed by atoms with E-state index in [1.165, 1.54) is 6.07 Å². The molecule has 2 aromatic rings. The van der Waals surface area contributed by atoms with Crippen LogP contribution in [0.5, 0.6) is 0 Å². The Kier molecular flexibility index (Phi) is 8.14. The average molecular weight is 422 g/mol. The lowest BCUT2D eigenvalue weighted by atomic mass is 10.1. The number of halogens is 1. The quantitative estimate of drug-likeness (QED) is 0.453. The van der Waals surface area contributed by atoms with Gasteiger partial charge in [0.15, 0.2) is 0 Å². The molecule has 0 atom stereocenters. The molecule has 0 aliphatic heterocycles. The summed E-state index contributed by atoms with van der Waals surface area (Å²) in [6.07, 6.45) is 0.509. The molecular weight excluding hydrogens is 399 g/mol. The molecular formula is C20H23FN2O5S. The third-order valence-electron chi connectivity index (χ3n) is 3.84. The van der Waals surface area contributed by atoms with E-state index in [2.05, 4.69) is 10.0 Å². The van der Waals surface area contributed by atoms with Crippen LogP contribution < -0.4 is 10.0 Å². The molecule has 2 rings (SSSR count). The lowest BCUT2D eigenvalue weighted by Gasteiger charge is -2.13. The molecule has 0 aliphatic rings. The highest BCUT2D eigenvalue weighted by Gasteiger charge is 2.18. The Hall–Kier alpha value is -2.94. The number of carbonyl (C=O) groups excluding carboxylic acids is 2. The Bertz CT molecular complexity index is 949. The summed E-state index contributed by atoms with van der Waals surface area (Å²) in [6.45, 7) is 2.17. The van der Waals surface area contributed by atoms with Crippen LogP contribution in [0.2, 0.25) is 0 Å². The van der Waals surface area contributed by atoms with E-state index < -0.39 is 21.7 Å². The second-order valence-electron chi connectivity index (χ2n) is 6.20. The summed E-state index contributed by atoms with van der Waals surface area (Å²) in [5.41, 5.74) is 0.393. The highest BCUT2D eigenvalue weighted by atomic mass is 32.2. The zero-order valence-electron chi connectivity index (χ0n) is 16.0. The normalized spacial score (nSPS) is 11.0. The van der Waals surface area contributed by atoms with E-state index in [1.807, 2.05) is 0 Å².